The fraction of sp³-hybridized carbons (Fsp3) is 0.143. The average molecular weight is 312 g/mol. The van der Waals surface area contributed by atoms with Gasteiger partial charge in [0.15, 0.2) is 11.5 Å². The predicted molar refractivity (Wildman–Crippen MR) is 77.9 cm³/mol. The summed E-state index contributed by atoms with van der Waals surface area (Å²) < 4.78 is 24.2. The number of hydrogen-bond acceptors (Lipinski definition) is 4. The van der Waals surface area contributed by atoms with Gasteiger partial charge >= 0.3 is 0 Å². The van der Waals surface area contributed by atoms with Crippen LogP contribution in [0.3, 0.4) is 0 Å². The predicted octanol–water partition coefficient (Wildman–Crippen LogP) is 4.08. The van der Waals surface area contributed by atoms with E-state index >= 15 is 0 Å². The largest absolute Gasteiger partial charge is 0.454 e. The number of nitrogens with two attached hydrogens (primary N) is 1. The third-order valence-electron chi connectivity index (χ3n) is 2.84. The Hall–Kier alpha value is -1.59. The molecule has 0 saturated carbocycles. The molecule has 2 aromatic rings. The van der Waals surface area contributed by atoms with E-state index in [1.165, 1.54) is 17.8 Å². The molecule has 0 aliphatic carbocycles. The second-order valence-electron chi connectivity index (χ2n) is 4.29. The summed E-state index contributed by atoms with van der Waals surface area (Å²) in [4.78, 5) is 0.549. The number of benzene rings is 2. The quantitative estimate of drug-likeness (QED) is 0.685. The molecule has 1 aliphatic heterocycles. The van der Waals surface area contributed by atoms with Crippen LogP contribution in [0, 0.1) is 5.82 Å². The number of ether oxygens (including phenoxy) is 2. The SMILES string of the molecule is Nc1ccc(SCc2cc(Cl)c3c(c2)OCO3)c(F)c1. The molecule has 0 aromatic heterocycles. The first kappa shape index (κ1) is 13.4. The van der Waals surface area contributed by atoms with E-state index in [2.05, 4.69) is 0 Å². The van der Waals surface area contributed by atoms with Gasteiger partial charge in [-0.15, -0.1) is 11.8 Å². The highest BCUT2D eigenvalue weighted by molar-refractivity contribution is 7.98. The molecule has 104 valence electrons. The summed E-state index contributed by atoms with van der Waals surface area (Å²) in [6.45, 7) is 0.179. The second-order valence-corrected chi connectivity index (χ2v) is 5.71. The van der Waals surface area contributed by atoms with Gasteiger partial charge in [-0.3, -0.25) is 0 Å². The number of nitrogen functional groups attached to an aromatic ring is 1. The van der Waals surface area contributed by atoms with Crippen molar-refractivity contribution in [2.75, 3.05) is 12.5 Å². The number of rotatable bonds is 3. The highest BCUT2D eigenvalue weighted by atomic mass is 35.5. The molecule has 0 radical (unpaired) electrons. The summed E-state index contributed by atoms with van der Waals surface area (Å²) in [6.07, 6.45) is 0. The lowest BCUT2D eigenvalue weighted by molar-refractivity contribution is 0.174. The van der Waals surface area contributed by atoms with Gasteiger partial charge in [-0.2, -0.15) is 0 Å². The van der Waals surface area contributed by atoms with Crippen LogP contribution in [0.15, 0.2) is 35.2 Å². The summed E-state index contributed by atoms with van der Waals surface area (Å²) in [7, 11) is 0. The van der Waals surface area contributed by atoms with Crippen molar-refractivity contribution < 1.29 is 13.9 Å². The summed E-state index contributed by atoms with van der Waals surface area (Å²) >= 11 is 7.48. The highest BCUT2D eigenvalue weighted by Gasteiger charge is 2.18. The van der Waals surface area contributed by atoms with Gasteiger partial charge in [0.1, 0.15) is 5.82 Å². The lowest BCUT2D eigenvalue weighted by atomic mass is 10.2. The Morgan fingerprint density at radius 1 is 1.25 bits per heavy atom. The van der Waals surface area contributed by atoms with E-state index in [1.54, 1.807) is 18.2 Å². The fourth-order valence-electron chi connectivity index (χ4n) is 1.90. The molecule has 0 spiro atoms. The fourth-order valence-corrected chi connectivity index (χ4v) is 3.04. The van der Waals surface area contributed by atoms with Crippen LogP contribution in [0.25, 0.3) is 0 Å². The maximum absolute atomic E-state index is 13.7. The molecule has 0 saturated heterocycles. The van der Waals surface area contributed by atoms with Crippen LogP contribution in [0.2, 0.25) is 5.02 Å². The first-order chi connectivity index (χ1) is 9.63. The van der Waals surface area contributed by atoms with Gasteiger partial charge in [0.05, 0.1) is 5.02 Å². The maximum atomic E-state index is 13.7. The Kier molecular flexibility index (Phi) is 3.63. The van der Waals surface area contributed by atoms with E-state index in [0.29, 0.717) is 32.9 Å². The van der Waals surface area contributed by atoms with E-state index in [9.17, 15) is 4.39 Å². The molecular formula is C14H11ClFNO2S. The monoisotopic (exact) mass is 311 g/mol. The zero-order valence-corrected chi connectivity index (χ0v) is 11.9. The number of thioether (sulfide) groups is 1. The molecular weight excluding hydrogens is 301 g/mol. The van der Waals surface area contributed by atoms with Crippen molar-refractivity contribution in [1.29, 1.82) is 0 Å². The molecule has 1 aliphatic rings. The molecule has 6 heteroatoms. The van der Waals surface area contributed by atoms with Crippen molar-refractivity contribution in [1.82, 2.24) is 0 Å². The van der Waals surface area contributed by atoms with Gasteiger partial charge in [0, 0.05) is 16.3 Å². The molecule has 0 bridgehead atoms. The molecule has 0 fully saturated rings. The number of anilines is 1. The molecule has 1 heterocycles. The molecule has 0 unspecified atom stereocenters. The van der Waals surface area contributed by atoms with Crippen molar-refractivity contribution in [3.05, 3.63) is 46.7 Å². The first-order valence-electron chi connectivity index (χ1n) is 5.89. The summed E-state index contributed by atoms with van der Waals surface area (Å²) in [5, 5.41) is 0.508. The van der Waals surface area contributed by atoms with Crippen LogP contribution >= 0.6 is 23.4 Å². The Morgan fingerprint density at radius 3 is 2.90 bits per heavy atom. The van der Waals surface area contributed by atoms with E-state index < -0.39 is 0 Å². The standard InChI is InChI=1S/C14H11ClFNO2S/c15-10-3-8(4-12-14(10)19-7-18-12)6-20-13-2-1-9(17)5-11(13)16/h1-5H,6-7,17H2. The Balaban J connectivity index is 1.77. The summed E-state index contributed by atoms with van der Waals surface area (Å²) in [6, 6.07) is 8.32. The molecule has 20 heavy (non-hydrogen) atoms. The van der Waals surface area contributed by atoms with Gasteiger partial charge in [0.25, 0.3) is 0 Å². The molecule has 0 atom stereocenters. The number of halogens is 2. The number of fused-ring (bicyclic) bond motifs is 1. The minimum atomic E-state index is -0.318. The Bertz CT molecular complexity index is 666. The van der Waals surface area contributed by atoms with Gasteiger partial charge in [-0.1, -0.05) is 11.6 Å². The van der Waals surface area contributed by atoms with Crippen molar-refractivity contribution in [2.45, 2.75) is 10.6 Å². The lowest BCUT2D eigenvalue weighted by Gasteiger charge is -2.06. The normalized spacial score (nSPS) is 12.7. The molecule has 2 aromatic carbocycles. The van der Waals surface area contributed by atoms with Crippen LogP contribution < -0.4 is 15.2 Å². The lowest BCUT2D eigenvalue weighted by Crippen LogP contribution is -1.93. The second kappa shape index (κ2) is 5.42. The van der Waals surface area contributed by atoms with Gasteiger partial charge < -0.3 is 15.2 Å². The molecule has 0 amide bonds. The minimum Gasteiger partial charge on any atom is -0.454 e. The van der Waals surface area contributed by atoms with Crippen molar-refractivity contribution in [2.24, 2.45) is 0 Å². The van der Waals surface area contributed by atoms with Gasteiger partial charge in [0.2, 0.25) is 6.79 Å². The highest BCUT2D eigenvalue weighted by Crippen LogP contribution is 2.41. The van der Waals surface area contributed by atoms with E-state index in [0.717, 1.165) is 5.56 Å². The Labute approximate surface area is 124 Å². The molecule has 3 rings (SSSR count). The van der Waals surface area contributed by atoms with Crippen LogP contribution in [-0.2, 0) is 5.75 Å². The van der Waals surface area contributed by atoms with E-state index in [4.69, 9.17) is 26.8 Å². The third-order valence-corrected chi connectivity index (χ3v) is 4.24. The van der Waals surface area contributed by atoms with E-state index in [-0.39, 0.29) is 12.6 Å². The number of hydrogen-bond donors (Lipinski definition) is 1. The van der Waals surface area contributed by atoms with Crippen molar-refractivity contribution in [3.8, 4) is 11.5 Å². The zero-order valence-electron chi connectivity index (χ0n) is 10.4. The molecule has 3 nitrogen and oxygen atoms in total. The summed E-state index contributed by atoms with van der Waals surface area (Å²) in [5.74, 6) is 1.46. The van der Waals surface area contributed by atoms with Crippen LogP contribution in [0.5, 0.6) is 11.5 Å². The van der Waals surface area contributed by atoms with Crippen molar-refractivity contribution in [3.63, 3.8) is 0 Å². The topological polar surface area (TPSA) is 44.5 Å². The van der Waals surface area contributed by atoms with Crippen LogP contribution in [-0.4, -0.2) is 6.79 Å². The minimum absolute atomic E-state index is 0.179. The average Bonchev–Trinajstić information content (AvgIpc) is 2.86. The van der Waals surface area contributed by atoms with Crippen LogP contribution in [0.4, 0.5) is 10.1 Å². The smallest absolute Gasteiger partial charge is 0.231 e. The summed E-state index contributed by atoms with van der Waals surface area (Å²) in [5.41, 5.74) is 6.88. The Morgan fingerprint density at radius 2 is 2.10 bits per heavy atom. The molecule has 2 N–H and O–H groups in total. The van der Waals surface area contributed by atoms with Gasteiger partial charge in [-0.05, 0) is 35.9 Å². The first-order valence-corrected chi connectivity index (χ1v) is 7.25. The van der Waals surface area contributed by atoms with Crippen LogP contribution in [0.1, 0.15) is 5.56 Å². The zero-order chi connectivity index (χ0) is 14.1. The third kappa shape index (κ3) is 2.64. The van der Waals surface area contributed by atoms with Gasteiger partial charge in [-0.25, -0.2) is 4.39 Å². The van der Waals surface area contributed by atoms with E-state index in [1.807, 2.05) is 6.07 Å². The maximum Gasteiger partial charge on any atom is 0.231 e. The van der Waals surface area contributed by atoms with Crippen molar-refractivity contribution >= 4 is 29.1 Å².